The summed E-state index contributed by atoms with van der Waals surface area (Å²) in [5, 5.41) is 9.99. The average molecular weight is 830 g/mol. The van der Waals surface area contributed by atoms with E-state index >= 15 is 0 Å². The van der Waals surface area contributed by atoms with Crippen molar-refractivity contribution in [2.45, 2.75) is 40.0 Å². The van der Waals surface area contributed by atoms with Gasteiger partial charge >= 0.3 is 5.97 Å². The Bertz CT molecular complexity index is 2360. The summed E-state index contributed by atoms with van der Waals surface area (Å²) < 4.78 is 0. The predicted octanol–water partition coefficient (Wildman–Crippen LogP) is 11.0. The Hall–Kier alpha value is -5.22. The number of rotatable bonds is 4. The van der Waals surface area contributed by atoms with Crippen LogP contribution >= 0.6 is 0 Å². The maximum Gasteiger partial charge on any atom is 0.354 e. The van der Waals surface area contributed by atoms with Gasteiger partial charge in [-0.1, -0.05) is 118 Å². The summed E-state index contributed by atoms with van der Waals surface area (Å²) in [5.41, 5.74) is 16.4. The third kappa shape index (κ3) is 6.67. The van der Waals surface area contributed by atoms with Crippen LogP contribution in [0.1, 0.15) is 52.2 Å². The zero-order chi connectivity index (χ0) is 34.3. The van der Waals surface area contributed by atoms with Gasteiger partial charge in [-0.3, -0.25) is 4.98 Å². The van der Waals surface area contributed by atoms with Crippen LogP contribution in [0.4, 0.5) is 0 Å². The maximum absolute atomic E-state index is 10.7. The number of benzene rings is 5. The van der Waals surface area contributed by atoms with E-state index < -0.39 is 5.97 Å². The molecule has 4 nitrogen and oxygen atoms in total. The van der Waals surface area contributed by atoms with Crippen LogP contribution in [0.5, 0.6) is 0 Å². The first-order valence-corrected chi connectivity index (χ1v) is 16.5. The second kappa shape index (κ2) is 14.0. The second-order valence-electron chi connectivity index (χ2n) is 13.4. The molecule has 2 heterocycles. The summed E-state index contributed by atoms with van der Waals surface area (Å²) in [7, 11) is 0. The van der Waals surface area contributed by atoms with E-state index in [2.05, 4.69) is 125 Å². The first-order valence-electron chi connectivity index (χ1n) is 16.5. The van der Waals surface area contributed by atoms with Crippen molar-refractivity contribution in [3.05, 3.63) is 167 Å². The second-order valence-corrected chi connectivity index (χ2v) is 13.4. The molecule has 249 valence electrons. The van der Waals surface area contributed by atoms with Gasteiger partial charge in [0.15, 0.2) is 0 Å². The number of carboxylic acids is 1. The van der Waals surface area contributed by atoms with Gasteiger partial charge in [0.05, 0.1) is 5.52 Å². The molecule has 1 aliphatic carbocycles. The zero-order valence-electron chi connectivity index (χ0n) is 28.7. The molecular formula is C45H37IrN2O2-. The Morgan fingerprint density at radius 2 is 1.40 bits per heavy atom. The third-order valence-electron chi connectivity index (χ3n) is 9.35. The van der Waals surface area contributed by atoms with Crippen LogP contribution in [0.2, 0.25) is 0 Å². The smallest absolute Gasteiger partial charge is 0.354 e. The molecule has 0 amide bonds. The molecular weight excluding hydrogens is 793 g/mol. The molecule has 5 heteroatoms. The van der Waals surface area contributed by atoms with E-state index in [1.54, 1.807) is 12.1 Å². The Morgan fingerprint density at radius 3 is 2.14 bits per heavy atom. The number of hydrogen-bond donors (Lipinski definition) is 1. The van der Waals surface area contributed by atoms with Crippen LogP contribution in [0.3, 0.4) is 0 Å². The van der Waals surface area contributed by atoms with E-state index in [0.29, 0.717) is 0 Å². The SMILES string of the molecule is Cc1[c-]c(-c2cc(-c3cccc(C)c3)c3cc4c(cc3n2)C(C)(C)c2ccccc2-4)cc(C)c1.O=C(O)c1cc(-c2ccccc2)ccn1.[Ir]. The van der Waals surface area contributed by atoms with Crippen molar-refractivity contribution in [3.63, 3.8) is 0 Å². The maximum atomic E-state index is 10.7. The van der Waals surface area contributed by atoms with Gasteiger partial charge in [-0.15, -0.1) is 34.9 Å². The molecule has 50 heavy (non-hydrogen) atoms. The van der Waals surface area contributed by atoms with E-state index in [4.69, 9.17) is 10.1 Å². The molecule has 7 aromatic rings. The largest absolute Gasteiger partial charge is 0.477 e. The van der Waals surface area contributed by atoms with Crippen molar-refractivity contribution < 1.29 is 30.0 Å². The molecule has 0 aliphatic heterocycles. The first-order chi connectivity index (χ1) is 23.6. The van der Waals surface area contributed by atoms with Gasteiger partial charge in [-0.2, -0.15) is 0 Å². The molecule has 0 fully saturated rings. The van der Waals surface area contributed by atoms with Gasteiger partial charge in [0, 0.05) is 37.1 Å². The summed E-state index contributed by atoms with van der Waals surface area (Å²) in [4.78, 5) is 19.7. The van der Waals surface area contributed by atoms with Gasteiger partial charge in [-0.05, 0) is 81.4 Å². The molecule has 1 N–H and O–H groups in total. The first kappa shape index (κ1) is 34.6. The number of pyridine rings is 2. The molecule has 0 saturated carbocycles. The number of aryl methyl sites for hydroxylation is 3. The Kier molecular flexibility index (Phi) is 9.66. The number of fused-ring (bicyclic) bond motifs is 4. The normalized spacial score (nSPS) is 12.3. The fraction of sp³-hybridized carbons (Fsp3) is 0.133. The van der Waals surface area contributed by atoms with E-state index in [-0.39, 0.29) is 31.2 Å². The minimum Gasteiger partial charge on any atom is -0.477 e. The van der Waals surface area contributed by atoms with E-state index in [1.807, 2.05) is 30.3 Å². The molecule has 1 radical (unpaired) electrons. The molecule has 0 spiro atoms. The van der Waals surface area contributed by atoms with Crippen molar-refractivity contribution in [1.82, 2.24) is 9.97 Å². The summed E-state index contributed by atoms with van der Waals surface area (Å²) in [6, 6.07) is 45.4. The summed E-state index contributed by atoms with van der Waals surface area (Å²) in [6.07, 6.45) is 1.51. The van der Waals surface area contributed by atoms with Crippen molar-refractivity contribution in [2.75, 3.05) is 0 Å². The molecule has 8 rings (SSSR count). The topological polar surface area (TPSA) is 63.1 Å². The third-order valence-corrected chi connectivity index (χ3v) is 9.35. The molecule has 5 aromatic carbocycles. The molecule has 0 atom stereocenters. The van der Waals surface area contributed by atoms with Crippen LogP contribution in [0.25, 0.3) is 55.5 Å². The van der Waals surface area contributed by atoms with E-state index in [0.717, 1.165) is 33.5 Å². The van der Waals surface area contributed by atoms with Crippen LogP contribution < -0.4 is 0 Å². The van der Waals surface area contributed by atoms with Crippen molar-refractivity contribution in [1.29, 1.82) is 0 Å². The number of carboxylic acid groups (broad SMARTS) is 1. The molecule has 2 aromatic heterocycles. The van der Waals surface area contributed by atoms with E-state index in [1.165, 1.54) is 56.1 Å². The Labute approximate surface area is 307 Å². The fourth-order valence-electron chi connectivity index (χ4n) is 7.00. The molecule has 0 unspecified atom stereocenters. The van der Waals surface area contributed by atoms with Gasteiger partial charge in [0.2, 0.25) is 0 Å². The van der Waals surface area contributed by atoms with Crippen molar-refractivity contribution >= 4 is 16.9 Å². The van der Waals surface area contributed by atoms with Crippen LogP contribution in [-0.2, 0) is 25.5 Å². The Balaban J connectivity index is 0.000000227. The minimum absolute atomic E-state index is 0. The molecule has 1 aliphatic rings. The predicted molar refractivity (Wildman–Crippen MR) is 200 cm³/mol. The number of aromatic carboxylic acids is 1. The van der Waals surface area contributed by atoms with Crippen LogP contribution in [-0.4, -0.2) is 21.0 Å². The number of hydrogen-bond acceptors (Lipinski definition) is 3. The quantitative estimate of drug-likeness (QED) is 0.180. The summed E-state index contributed by atoms with van der Waals surface area (Å²) >= 11 is 0. The van der Waals surface area contributed by atoms with Gasteiger partial charge < -0.3 is 5.11 Å². The minimum atomic E-state index is -1.01. The number of nitrogens with zero attached hydrogens (tertiary/aromatic N) is 2. The van der Waals surface area contributed by atoms with Gasteiger partial charge in [-0.25, -0.2) is 9.78 Å². The van der Waals surface area contributed by atoms with Crippen LogP contribution in [0, 0.1) is 26.8 Å². The van der Waals surface area contributed by atoms with Crippen molar-refractivity contribution in [3.8, 4) is 44.6 Å². The average Bonchev–Trinajstić information content (AvgIpc) is 3.32. The Morgan fingerprint density at radius 1 is 0.660 bits per heavy atom. The standard InChI is InChI=1S/C33H28N.C12H9NO2.Ir/c1-20-9-8-10-23(14-20)26-18-31(24-15-21(2)13-22(3)16-24)34-32-19-30-27(17-28(26)32)25-11-6-7-12-29(25)33(30,4)5;14-12(15)11-8-10(6-7-13-11)9-4-2-1-3-5-9;/h6-15,17-19H,1-5H3;1-8H,(H,14,15);/q-1;;. The molecule has 0 bridgehead atoms. The monoisotopic (exact) mass is 830 g/mol. The zero-order valence-corrected chi connectivity index (χ0v) is 31.1. The van der Waals surface area contributed by atoms with Crippen molar-refractivity contribution in [2.24, 2.45) is 0 Å². The van der Waals surface area contributed by atoms with Gasteiger partial charge in [0.1, 0.15) is 5.69 Å². The van der Waals surface area contributed by atoms with Gasteiger partial charge in [0.25, 0.3) is 0 Å². The molecule has 0 saturated heterocycles. The van der Waals surface area contributed by atoms with E-state index in [9.17, 15) is 4.79 Å². The summed E-state index contributed by atoms with van der Waals surface area (Å²) in [6.45, 7) is 11.0. The summed E-state index contributed by atoms with van der Waals surface area (Å²) in [5.74, 6) is -1.01. The number of carbonyl (C=O) groups is 1. The fourth-order valence-corrected chi connectivity index (χ4v) is 7.00. The number of aromatic nitrogens is 2. The van der Waals surface area contributed by atoms with Crippen LogP contribution in [0.15, 0.2) is 128 Å².